The molecule has 0 amide bonds. The van der Waals surface area contributed by atoms with Crippen LogP contribution in [-0.2, 0) is 21.3 Å². The summed E-state index contributed by atoms with van der Waals surface area (Å²) in [5.41, 5.74) is 5.52. The number of halogens is 2. The highest BCUT2D eigenvalue weighted by Crippen LogP contribution is 2.19. The Balaban J connectivity index is 2.84. The average Bonchev–Trinajstić information content (AvgIpc) is 2.41. The monoisotopic (exact) mass is 308 g/mol. The molecule has 5 nitrogen and oxygen atoms in total. The number of hydrogen-bond donors (Lipinski definition) is 2. The Hall–Kier alpha value is -1.09. The molecule has 0 spiro atoms. The second-order valence-corrected chi connectivity index (χ2v) is 5.78. The summed E-state index contributed by atoms with van der Waals surface area (Å²) in [4.78, 5) is -0.727. The van der Waals surface area contributed by atoms with E-state index < -0.39 is 26.6 Å². The normalized spacial score (nSPS) is 11.8. The Labute approximate surface area is 117 Å². The summed E-state index contributed by atoms with van der Waals surface area (Å²) in [7, 11) is -4.11. The van der Waals surface area contributed by atoms with Crippen LogP contribution in [0.5, 0.6) is 0 Å². The van der Waals surface area contributed by atoms with Crippen molar-refractivity contribution in [2.24, 2.45) is 5.73 Å². The average molecular weight is 308 g/mol. The molecule has 3 N–H and O–H groups in total. The van der Waals surface area contributed by atoms with Crippen LogP contribution in [0.25, 0.3) is 0 Å². The first-order valence-corrected chi connectivity index (χ1v) is 7.66. The SMILES string of the molecule is CCOCCCNS(=O)(=O)c1cc(CN)cc(F)c1F. The molecule has 1 rings (SSSR count). The number of nitrogens with two attached hydrogens (primary N) is 1. The molecule has 0 radical (unpaired) electrons. The van der Waals surface area contributed by atoms with Crippen molar-refractivity contribution in [2.45, 2.75) is 24.8 Å². The van der Waals surface area contributed by atoms with Gasteiger partial charge in [-0.1, -0.05) is 0 Å². The van der Waals surface area contributed by atoms with Crippen molar-refractivity contribution in [1.29, 1.82) is 0 Å². The number of hydrogen-bond acceptors (Lipinski definition) is 4. The van der Waals surface area contributed by atoms with Crippen LogP contribution in [0.3, 0.4) is 0 Å². The third-order valence-corrected chi connectivity index (χ3v) is 4.00. The molecule has 0 aliphatic carbocycles. The lowest BCUT2D eigenvalue weighted by Gasteiger charge is -2.09. The minimum absolute atomic E-state index is 0.0793. The number of rotatable bonds is 8. The molecule has 0 saturated carbocycles. The maximum atomic E-state index is 13.6. The number of nitrogens with one attached hydrogen (secondary N) is 1. The summed E-state index contributed by atoms with van der Waals surface area (Å²) in [6.45, 7) is 2.74. The molecule has 0 atom stereocenters. The quantitative estimate of drug-likeness (QED) is 0.705. The zero-order valence-electron chi connectivity index (χ0n) is 11.2. The van der Waals surface area contributed by atoms with Crippen molar-refractivity contribution >= 4 is 10.0 Å². The van der Waals surface area contributed by atoms with E-state index in [2.05, 4.69) is 4.72 Å². The second-order valence-electron chi connectivity index (χ2n) is 4.04. The molecule has 0 fully saturated rings. The standard InChI is InChI=1S/C12H18F2N2O3S/c1-2-19-5-3-4-16-20(17,18)11-7-9(8-15)6-10(13)12(11)14/h6-7,16H,2-5,8,15H2,1H3. The van der Waals surface area contributed by atoms with Gasteiger partial charge in [0.05, 0.1) is 0 Å². The Bertz CT molecular complexity index is 550. The van der Waals surface area contributed by atoms with Gasteiger partial charge < -0.3 is 10.5 Å². The highest BCUT2D eigenvalue weighted by molar-refractivity contribution is 7.89. The third-order valence-electron chi connectivity index (χ3n) is 2.54. The second kappa shape index (κ2) is 7.63. The van der Waals surface area contributed by atoms with Crippen LogP contribution >= 0.6 is 0 Å². The predicted octanol–water partition coefficient (Wildman–Crippen LogP) is 1.13. The van der Waals surface area contributed by atoms with Crippen molar-refractivity contribution in [2.75, 3.05) is 19.8 Å². The van der Waals surface area contributed by atoms with Crippen molar-refractivity contribution in [3.63, 3.8) is 0 Å². The van der Waals surface area contributed by atoms with Crippen molar-refractivity contribution in [3.05, 3.63) is 29.3 Å². The van der Waals surface area contributed by atoms with Gasteiger partial charge in [0.15, 0.2) is 11.6 Å². The first-order chi connectivity index (χ1) is 9.42. The Morgan fingerprint density at radius 1 is 1.35 bits per heavy atom. The molecule has 0 unspecified atom stereocenters. The summed E-state index contributed by atoms with van der Waals surface area (Å²) in [6.07, 6.45) is 0.438. The lowest BCUT2D eigenvalue weighted by molar-refractivity contribution is 0.146. The third kappa shape index (κ3) is 4.48. The van der Waals surface area contributed by atoms with Gasteiger partial charge in [-0.25, -0.2) is 21.9 Å². The summed E-state index contributed by atoms with van der Waals surface area (Å²) >= 11 is 0. The molecule has 1 aromatic carbocycles. The van der Waals surface area contributed by atoms with Gasteiger partial charge in [0.2, 0.25) is 10.0 Å². The Morgan fingerprint density at radius 2 is 2.05 bits per heavy atom. The topological polar surface area (TPSA) is 81.4 Å². The zero-order valence-corrected chi connectivity index (χ0v) is 12.0. The van der Waals surface area contributed by atoms with E-state index in [4.69, 9.17) is 10.5 Å². The van der Waals surface area contributed by atoms with Gasteiger partial charge in [-0.05, 0) is 31.0 Å². The Kier molecular flexibility index (Phi) is 6.47. The van der Waals surface area contributed by atoms with E-state index in [1.165, 1.54) is 0 Å². The van der Waals surface area contributed by atoms with Gasteiger partial charge >= 0.3 is 0 Å². The molecule has 0 aliphatic heterocycles. The van der Waals surface area contributed by atoms with Gasteiger partial charge in [0.25, 0.3) is 0 Å². The molecular weight excluding hydrogens is 290 g/mol. The van der Waals surface area contributed by atoms with E-state index in [9.17, 15) is 17.2 Å². The maximum Gasteiger partial charge on any atom is 0.243 e. The highest BCUT2D eigenvalue weighted by Gasteiger charge is 2.22. The van der Waals surface area contributed by atoms with Crippen LogP contribution in [0.4, 0.5) is 8.78 Å². The molecular formula is C12H18F2N2O3S. The molecule has 0 saturated heterocycles. The van der Waals surface area contributed by atoms with E-state index >= 15 is 0 Å². The smallest absolute Gasteiger partial charge is 0.243 e. The van der Waals surface area contributed by atoms with Crippen LogP contribution in [-0.4, -0.2) is 28.2 Å². The molecule has 8 heteroatoms. The first-order valence-electron chi connectivity index (χ1n) is 6.17. The molecule has 114 valence electrons. The molecule has 1 aromatic rings. The summed E-state index contributed by atoms with van der Waals surface area (Å²) in [5, 5.41) is 0. The number of ether oxygens (including phenoxy) is 1. The maximum absolute atomic E-state index is 13.6. The summed E-state index contributed by atoms with van der Waals surface area (Å²) < 4.78 is 57.9. The van der Waals surface area contributed by atoms with Crippen LogP contribution in [0.1, 0.15) is 18.9 Å². The molecule has 20 heavy (non-hydrogen) atoms. The van der Waals surface area contributed by atoms with E-state index in [0.717, 1.165) is 12.1 Å². The van der Waals surface area contributed by atoms with E-state index in [0.29, 0.717) is 19.6 Å². The van der Waals surface area contributed by atoms with Gasteiger partial charge in [-0.15, -0.1) is 0 Å². The molecule has 0 heterocycles. The van der Waals surface area contributed by atoms with Crippen LogP contribution in [0.2, 0.25) is 0 Å². The van der Waals surface area contributed by atoms with Crippen molar-refractivity contribution in [3.8, 4) is 0 Å². The molecule has 0 aromatic heterocycles. The largest absolute Gasteiger partial charge is 0.382 e. The van der Waals surface area contributed by atoms with Gasteiger partial charge in [-0.2, -0.15) is 0 Å². The zero-order chi connectivity index (χ0) is 15.2. The van der Waals surface area contributed by atoms with E-state index in [1.54, 1.807) is 0 Å². The summed E-state index contributed by atoms with van der Waals surface area (Å²) in [5.74, 6) is -2.64. The summed E-state index contributed by atoms with van der Waals surface area (Å²) in [6, 6.07) is 1.91. The lowest BCUT2D eigenvalue weighted by atomic mass is 10.2. The van der Waals surface area contributed by atoms with Gasteiger partial charge in [0.1, 0.15) is 4.90 Å². The van der Waals surface area contributed by atoms with Gasteiger partial charge in [0, 0.05) is 26.3 Å². The van der Waals surface area contributed by atoms with Crippen LogP contribution < -0.4 is 10.5 Å². The number of sulfonamides is 1. The minimum atomic E-state index is -4.11. The fourth-order valence-corrected chi connectivity index (χ4v) is 2.74. The molecule has 0 aliphatic rings. The van der Waals surface area contributed by atoms with E-state index in [-0.39, 0.29) is 18.7 Å². The Morgan fingerprint density at radius 3 is 2.65 bits per heavy atom. The van der Waals surface area contributed by atoms with E-state index in [1.807, 2.05) is 6.92 Å². The van der Waals surface area contributed by atoms with Crippen molar-refractivity contribution < 1.29 is 21.9 Å². The first kappa shape index (κ1) is 17.0. The minimum Gasteiger partial charge on any atom is -0.382 e. The lowest BCUT2D eigenvalue weighted by Crippen LogP contribution is -2.27. The van der Waals surface area contributed by atoms with Crippen molar-refractivity contribution in [1.82, 2.24) is 4.72 Å². The van der Waals surface area contributed by atoms with Crippen LogP contribution in [0.15, 0.2) is 17.0 Å². The van der Waals surface area contributed by atoms with Crippen LogP contribution in [0, 0.1) is 11.6 Å². The fraction of sp³-hybridized carbons (Fsp3) is 0.500. The number of benzene rings is 1. The molecule has 0 bridgehead atoms. The predicted molar refractivity (Wildman–Crippen MR) is 70.5 cm³/mol. The fourth-order valence-electron chi connectivity index (χ4n) is 1.53. The highest BCUT2D eigenvalue weighted by atomic mass is 32.2. The van der Waals surface area contributed by atoms with Gasteiger partial charge in [-0.3, -0.25) is 0 Å².